The van der Waals surface area contributed by atoms with Crippen LogP contribution in [0.2, 0.25) is 0 Å². The van der Waals surface area contributed by atoms with Gasteiger partial charge < -0.3 is 19.9 Å². The van der Waals surface area contributed by atoms with E-state index in [0.29, 0.717) is 23.1 Å². The number of nitrogens with zero attached hydrogens (tertiary/aromatic N) is 2. The Morgan fingerprint density at radius 2 is 1.94 bits per heavy atom. The lowest BCUT2D eigenvalue weighted by molar-refractivity contribution is -0.139. The van der Waals surface area contributed by atoms with Crippen LogP contribution in [0.3, 0.4) is 0 Å². The first-order valence-electron chi connectivity index (χ1n) is 10.2. The molecule has 1 aliphatic rings. The molecule has 3 aromatic rings. The SMILES string of the molecule is COc1ccc(C=CC(=O)OCc2nc(N)c3c4c(sc3n2)CCCCC4)cc1OC. The summed E-state index contributed by atoms with van der Waals surface area (Å²) in [6, 6.07) is 5.38. The number of nitrogen functional groups attached to an aromatic ring is 1. The Bertz CT molecular complexity index is 1140. The number of benzene rings is 1. The van der Waals surface area contributed by atoms with Crippen LogP contribution >= 0.6 is 11.3 Å². The van der Waals surface area contributed by atoms with E-state index in [0.717, 1.165) is 28.6 Å². The van der Waals surface area contributed by atoms with Gasteiger partial charge in [-0.15, -0.1) is 11.3 Å². The fourth-order valence-corrected chi connectivity index (χ4v) is 5.07. The topological polar surface area (TPSA) is 96.6 Å². The van der Waals surface area contributed by atoms with E-state index in [1.54, 1.807) is 43.8 Å². The Hall–Kier alpha value is -3.13. The van der Waals surface area contributed by atoms with Gasteiger partial charge in [-0.1, -0.05) is 12.5 Å². The molecule has 0 saturated heterocycles. The Kier molecular flexibility index (Phi) is 6.36. The van der Waals surface area contributed by atoms with Crippen molar-refractivity contribution in [3.8, 4) is 11.5 Å². The number of anilines is 1. The van der Waals surface area contributed by atoms with Crippen molar-refractivity contribution < 1.29 is 19.0 Å². The number of carbonyl (C=O) groups excluding carboxylic acids is 1. The number of esters is 1. The van der Waals surface area contributed by atoms with E-state index in [1.807, 2.05) is 6.07 Å². The third-order valence-corrected chi connectivity index (χ3v) is 6.49. The number of nitrogens with two attached hydrogens (primary N) is 1. The molecule has 162 valence electrons. The molecule has 2 heterocycles. The van der Waals surface area contributed by atoms with E-state index in [1.165, 1.54) is 35.8 Å². The van der Waals surface area contributed by atoms with Crippen LogP contribution in [0.4, 0.5) is 5.82 Å². The Morgan fingerprint density at radius 3 is 2.74 bits per heavy atom. The second kappa shape index (κ2) is 9.34. The van der Waals surface area contributed by atoms with Crippen LogP contribution in [-0.4, -0.2) is 30.2 Å². The van der Waals surface area contributed by atoms with E-state index in [4.69, 9.17) is 19.9 Å². The molecule has 0 unspecified atom stereocenters. The third-order valence-electron chi connectivity index (χ3n) is 5.30. The van der Waals surface area contributed by atoms with Gasteiger partial charge in [0.15, 0.2) is 23.9 Å². The Morgan fingerprint density at radius 1 is 1.13 bits per heavy atom. The summed E-state index contributed by atoms with van der Waals surface area (Å²) in [5, 5.41) is 0.977. The van der Waals surface area contributed by atoms with Gasteiger partial charge in [-0.2, -0.15) is 0 Å². The molecule has 0 bridgehead atoms. The van der Waals surface area contributed by atoms with E-state index in [2.05, 4.69) is 9.97 Å². The van der Waals surface area contributed by atoms with E-state index < -0.39 is 5.97 Å². The number of carbonyl (C=O) groups is 1. The van der Waals surface area contributed by atoms with Crippen molar-refractivity contribution in [2.75, 3.05) is 20.0 Å². The molecule has 0 atom stereocenters. The van der Waals surface area contributed by atoms with Gasteiger partial charge in [0.25, 0.3) is 0 Å². The van der Waals surface area contributed by atoms with Crippen molar-refractivity contribution in [2.24, 2.45) is 0 Å². The fraction of sp³-hybridized carbons (Fsp3) is 0.348. The van der Waals surface area contributed by atoms with Gasteiger partial charge in [-0.05, 0) is 55.0 Å². The summed E-state index contributed by atoms with van der Waals surface area (Å²) in [5.41, 5.74) is 8.34. The number of thiophene rings is 1. The monoisotopic (exact) mass is 439 g/mol. The van der Waals surface area contributed by atoms with Crippen molar-refractivity contribution in [3.05, 3.63) is 46.1 Å². The van der Waals surface area contributed by atoms with E-state index >= 15 is 0 Å². The summed E-state index contributed by atoms with van der Waals surface area (Å²) in [5.74, 6) is 1.60. The van der Waals surface area contributed by atoms with Crippen LogP contribution in [0, 0.1) is 0 Å². The number of aromatic nitrogens is 2. The highest BCUT2D eigenvalue weighted by molar-refractivity contribution is 7.19. The molecule has 2 N–H and O–H groups in total. The second-order valence-corrected chi connectivity index (χ2v) is 8.41. The average Bonchev–Trinajstić information content (AvgIpc) is 2.97. The lowest BCUT2D eigenvalue weighted by atomic mass is 10.1. The van der Waals surface area contributed by atoms with Gasteiger partial charge in [0.1, 0.15) is 10.6 Å². The summed E-state index contributed by atoms with van der Waals surface area (Å²) in [6.07, 6.45) is 8.72. The predicted octanol–water partition coefficient (Wildman–Crippen LogP) is 4.32. The minimum absolute atomic E-state index is 0.0299. The standard InChI is InChI=1S/C23H25N3O4S/c1-28-16-10-8-14(12-17(16)29-2)9-11-20(27)30-13-19-25-22(24)21-15-6-4-3-5-7-18(15)31-23(21)26-19/h8-12H,3-7,13H2,1-2H3,(H2,24,25,26). The lowest BCUT2D eigenvalue weighted by Crippen LogP contribution is -2.06. The van der Waals surface area contributed by atoms with Crippen LogP contribution in [0.1, 0.15) is 41.1 Å². The summed E-state index contributed by atoms with van der Waals surface area (Å²) >= 11 is 1.68. The third kappa shape index (κ3) is 4.64. The first-order valence-corrected chi connectivity index (χ1v) is 11.0. The number of aryl methyl sites for hydroxylation is 2. The van der Waals surface area contributed by atoms with Gasteiger partial charge >= 0.3 is 5.97 Å². The van der Waals surface area contributed by atoms with E-state index in [9.17, 15) is 4.79 Å². The molecule has 0 spiro atoms. The molecule has 2 aromatic heterocycles. The molecule has 0 radical (unpaired) electrons. The fourth-order valence-electron chi connectivity index (χ4n) is 3.78. The molecule has 31 heavy (non-hydrogen) atoms. The largest absolute Gasteiger partial charge is 0.493 e. The molecule has 8 heteroatoms. The smallest absolute Gasteiger partial charge is 0.331 e. The highest BCUT2D eigenvalue weighted by Crippen LogP contribution is 2.37. The maximum absolute atomic E-state index is 12.2. The molecule has 7 nitrogen and oxygen atoms in total. The lowest BCUT2D eigenvalue weighted by Gasteiger charge is -2.07. The molecular formula is C23H25N3O4S. The van der Waals surface area contributed by atoms with Crippen molar-refractivity contribution >= 4 is 39.4 Å². The van der Waals surface area contributed by atoms with Crippen molar-refractivity contribution in [1.82, 2.24) is 9.97 Å². The summed E-state index contributed by atoms with van der Waals surface area (Å²) < 4.78 is 15.8. The van der Waals surface area contributed by atoms with Crippen molar-refractivity contribution in [2.45, 2.75) is 38.7 Å². The first kappa shape index (κ1) is 21.1. The quantitative estimate of drug-likeness (QED) is 0.347. The van der Waals surface area contributed by atoms with Crippen molar-refractivity contribution in [1.29, 1.82) is 0 Å². The molecule has 1 aromatic carbocycles. The molecule has 0 fully saturated rings. The first-order chi connectivity index (χ1) is 15.1. The maximum atomic E-state index is 12.2. The number of methoxy groups -OCH3 is 2. The maximum Gasteiger partial charge on any atom is 0.331 e. The number of ether oxygens (including phenoxy) is 3. The molecule has 1 aliphatic carbocycles. The second-order valence-electron chi connectivity index (χ2n) is 7.33. The van der Waals surface area contributed by atoms with Gasteiger partial charge in [0.05, 0.1) is 19.6 Å². The van der Waals surface area contributed by atoms with Crippen LogP contribution in [0.15, 0.2) is 24.3 Å². The summed E-state index contributed by atoms with van der Waals surface area (Å²) in [4.78, 5) is 23.4. The number of rotatable bonds is 6. The van der Waals surface area contributed by atoms with Crippen LogP contribution < -0.4 is 15.2 Å². The predicted molar refractivity (Wildman–Crippen MR) is 121 cm³/mol. The van der Waals surface area contributed by atoms with Crippen LogP contribution in [0.25, 0.3) is 16.3 Å². The number of hydrogen-bond donors (Lipinski definition) is 1. The zero-order chi connectivity index (χ0) is 21.8. The average molecular weight is 440 g/mol. The molecule has 0 aliphatic heterocycles. The normalized spacial score (nSPS) is 13.7. The summed E-state index contributed by atoms with van der Waals surface area (Å²) in [7, 11) is 3.14. The molecule has 4 rings (SSSR count). The van der Waals surface area contributed by atoms with Gasteiger partial charge in [-0.25, -0.2) is 14.8 Å². The minimum atomic E-state index is -0.487. The van der Waals surface area contributed by atoms with Crippen molar-refractivity contribution in [3.63, 3.8) is 0 Å². The molecule has 0 saturated carbocycles. The summed E-state index contributed by atoms with van der Waals surface area (Å²) in [6.45, 7) is -0.0299. The number of fused-ring (bicyclic) bond motifs is 3. The molecular weight excluding hydrogens is 414 g/mol. The number of hydrogen-bond acceptors (Lipinski definition) is 8. The van der Waals surface area contributed by atoms with E-state index in [-0.39, 0.29) is 6.61 Å². The van der Waals surface area contributed by atoms with Crippen LogP contribution in [-0.2, 0) is 29.0 Å². The highest BCUT2D eigenvalue weighted by Gasteiger charge is 2.19. The zero-order valence-corrected chi connectivity index (χ0v) is 18.5. The minimum Gasteiger partial charge on any atom is -0.493 e. The molecule has 0 amide bonds. The zero-order valence-electron chi connectivity index (χ0n) is 17.6. The highest BCUT2D eigenvalue weighted by atomic mass is 32.1. The Labute approximate surface area is 184 Å². The Balaban J connectivity index is 1.44. The van der Waals surface area contributed by atoms with Gasteiger partial charge in [0.2, 0.25) is 0 Å². The van der Waals surface area contributed by atoms with Crippen LogP contribution in [0.5, 0.6) is 11.5 Å². The van der Waals surface area contributed by atoms with Gasteiger partial charge in [-0.3, -0.25) is 0 Å². The van der Waals surface area contributed by atoms with Gasteiger partial charge in [0, 0.05) is 11.0 Å².